The number of nitrogens with zero attached hydrogens (tertiary/aromatic N) is 2. The van der Waals surface area contributed by atoms with Gasteiger partial charge >= 0.3 is 5.97 Å². The zero-order valence-corrected chi connectivity index (χ0v) is 16.1. The van der Waals surface area contributed by atoms with Crippen molar-refractivity contribution in [1.82, 2.24) is 5.16 Å². The first-order chi connectivity index (χ1) is 14.0. The van der Waals surface area contributed by atoms with Gasteiger partial charge in [-0.25, -0.2) is 0 Å². The second-order valence-electron chi connectivity index (χ2n) is 7.87. The fourth-order valence-electron chi connectivity index (χ4n) is 4.50. The number of carboxylic acids is 1. The minimum absolute atomic E-state index is 0.146. The first-order valence-corrected chi connectivity index (χ1v) is 9.85. The van der Waals surface area contributed by atoms with Crippen molar-refractivity contribution in [3.63, 3.8) is 0 Å². The summed E-state index contributed by atoms with van der Waals surface area (Å²) < 4.78 is 5.74. The number of benzene rings is 2. The number of fused-ring (bicyclic) bond motifs is 2. The van der Waals surface area contributed by atoms with Crippen molar-refractivity contribution in [2.75, 3.05) is 29.9 Å². The van der Waals surface area contributed by atoms with Crippen molar-refractivity contribution >= 4 is 34.0 Å². The molecular weight excluding hydrogens is 370 g/mol. The van der Waals surface area contributed by atoms with Crippen molar-refractivity contribution in [3.8, 4) is 11.3 Å². The van der Waals surface area contributed by atoms with E-state index in [0.29, 0.717) is 39.4 Å². The Balaban J connectivity index is 1.76. The molecule has 0 radical (unpaired) electrons. The van der Waals surface area contributed by atoms with Crippen LogP contribution in [-0.2, 0) is 4.79 Å². The van der Waals surface area contributed by atoms with E-state index in [1.165, 1.54) is 6.42 Å². The van der Waals surface area contributed by atoms with Gasteiger partial charge in [0.15, 0.2) is 11.5 Å². The second-order valence-corrected chi connectivity index (χ2v) is 7.87. The molecule has 0 bridgehead atoms. The second kappa shape index (κ2) is 6.62. The van der Waals surface area contributed by atoms with Crippen LogP contribution in [0.2, 0.25) is 0 Å². The Bertz CT molecular complexity index is 1150. The van der Waals surface area contributed by atoms with Crippen molar-refractivity contribution in [2.45, 2.75) is 19.8 Å². The predicted octanol–water partition coefficient (Wildman–Crippen LogP) is 3.77. The zero-order valence-electron chi connectivity index (χ0n) is 16.1. The average molecular weight is 391 g/mol. The Hall–Kier alpha value is -3.35. The molecule has 7 heteroatoms. The van der Waals surface area contributed by atoms with Crippen LogP contribution in [0.25, 0.3) is 22.2 Å². The number of aliphatic carboxylic acids is 1. The summed E-state index contributed by atoms with van der Waals surface area (Å²) in [5.41, 5.74) is 3.75. The number of carbonyl (C=O) groups is 2. The minimum Gasteiger partial charge on any atom is -0.480 e. The van der Waals surface area contributed by atoms with Crippen LogP contribution in [0.4, 0.5) is 11.4 Å². The predicted molar refractivity (Wildman–Crippen MR) is 110 cm³/mol. The molecule has 1 aliphatic carbocycles. The molecule has 1 fully saturated rings. The lowest BCUT2D eigenvalue weighted by atomic mass is 9.86. The molecule has 5 rings (SSSR count). The van der Waals surface area contributed by atoms with E-state index in [-0.39, 0.29) is 12.3 Å². The molecule has 2 N–H and O–H groups in total. The van der Waals surface area contributed by atoms with E-state index in [0.717, 1.165) is 30.8 Å². The standard InChI is InChI=1S/C22H21N3O4/c1-12-5-4-8-25(11-12)16-9-15(23-10-17(26)27)18-19-20(16)24-29-22(19)14-7-3-2-6-13(14)21(18)28/h2-3,6-7,9,12,23H,4-5,8,10-11H2,1H3,(H,26,27). The molecule has 29 heavy (non-hydrogen) atoms. The summed E-state index contributed by atoms with van der Waals surface area (Å²) in [5.74, 6) is -0.0154. The summed E-state index contributed by atoms with van der Waals surface area (Å²) in [6.45, 7) is 3.73. The topological polar surface area (TPSA) is 95.7 Å². The number of carbonyl (C=O) groups excluding carboxylic acids is 1. The highest BCUT2D eigenvalue weighted by atomic mass is 16.5. The molecule has 1 aliphatic heterocycles. The summed E-state index contributed by atoms with van der Waals surface area (Å²) in [6, 6.07) is 9.15. The fourth-order valence-corrected chi connectivity index (χ4v) is 4.50. The van der Waals surface area contributed by atoms with E-state index in [2.05, 4.69) is 22.3 Å². The van der Waals surface area contributed by atoms with Crippen LogP contribution < -0.4 is 10.2 Å². The lowest BCUT2D eigenvalue weighted by Crippen LogP contribution is -2.34. The summed E-state index contributed by atoms with van der Waals surface area (Å²) >= 11 is 0. The van der Waals surface area contributed by atoms with E-state index in [1.54, 1.807) is 6.07 Å². The Morgan fingerprint density at radius 3 is 2.90 bits per heavy atom. The maximum atomic E-state index is 13.3. The van der Waals surface area contributed by atoms with Crippen molar-refractivity contribution in [2.24, 2.45) is 5.92 Å². The molecule has 2 heterocycles. The quantitative estimate of drug-likeness (QED) is 0.547. The molecule has 7 nitrogen and oxygen atoms in total. The molecule has 148 valence electrons. The Morgan fingerprint density at radius 2 is 2.14 bits per heavy atom. The lowest BCUT2D eigenvalue weighted by Gasteiger charge is -2.33. The molecule has 1 atom stereocenters. The highest BCUT2D eigenvalue weighted by Gasteiger charge is 2.34. The number of hydrogen-bond acceptors (Lipinski definition) is 6. The van der Waals surface area contributed by atoms with Gasteiger partial charge in [-0.2, -0.15) is 0 Å². The van der Waals surface area contributed by atoms with Gasteiger partial charge in [0.2, 0.25) is 0 Å². The van der Waals surface area contributed by atoms with Gasteiger partial charge in [0, 0.05) is 29.9 Å². The van der Waals surface area contributed by atoms with Crippen LogP contribution in [-0.4, -0.2) is 41.7 Å². The smallest absolute Gasteiger partial charge is 0.322 e. The monoisotopic (exact) mass is 391 g/mol. The Kier molecular flexibility index (Phi) is 4.04. The first-order valence-electron chi connectivity index (χ1n) is 9.85. The van der Waals surface area contributed by atoms with Crippen molar-refractivity contribution < 1.29 is 19.2 Å². The van der Waals surface area contributed by atoms with Crippen molar-refractivity contribution in [1.29, 1.82) is 0 Å². The summed E-state index contributed by atoms with van der Waals surface area (Å²) in [6.07, 6.45) is 2.26. The van der Waals surface area contributed by atoms with Gasteiger partial charge in [-0.3, -0.25) is 9.59 Å². The SMILES string of the molecule is CC1CCCN(c2cc(NCC(=O)O)c3c4c(onc24)-c2ccccc2C3=O)C1. The molecule has 2 aromatic carbocycles. The summed E-state index contributed by atoms with van der Waals surface area (Å²) in [4.78, 5) is 26.8. The number of rotatable bonds is 4. The fraction of sp³-hybridized carbons (Fsp3) is 0.318. The van der Waals surface area contributed by atoms with Gasteiger partial charge in [0.25, 0.3) is 0 Å². The van der Waals surface area contributed by atoms with Crippen molar-refractivity contribution in [3.05, 3.63) is 41.5 Å². The van der Waals surface area contributed by atoms with E-state index in [9.17, 15) is 9.59 Å². The average Bonchev–Trinajstić information content (AvgIpc) is 3.15. The molecule has 1 aromatic heterocycles. The van der Waals surface area contributed by atoms with Crippen LogP contribution in [0, 0.1) is 5.92 Å². The van der Waals surface area contributed by atoms with Crippen LogP contribution >= 0.6 is 0 Å². The number of aromatic nitrogens is 1. The maximum absolute atomic E-state index is 13.3. The molecule has 3 aromatic rings. The third kappa shape index (κ3) is 2.76. The minimum atomic E-state index is -0.986. The summed E-state index contributed by atoms with van der Waals surface area (Å²) in [5, 5.41) is 17.1. The number of carboxylic acid groups (broad SMARTS) is 1. The molecule has 1 unspecified atom stereocenters. The van der Waals surface area contributed by atoms with E-state index in [1.807, 2.05) is 24.3 Å². The van der Waals surface area contributed by atoms with Crippen LogP contribution in [0.1, 0.15) is 35.7 Å². The number of piperidine rings is 1. The van der Waals surface area contributed by atoms with Gasteiger partial charge in [-0.05, 0) is 24.8 Å². The number of anilines is 2. The van der Waals surface area contributed by atoms with Gasteiger partial charge < -0.3 is 19.8 Å². The van der Waals surface area contributed by atoms with E-state index < -0.39 is 5.97 Å². The van der Waals surface area contributed by atoms with E-state index in [4.69, 9.17) is 9.63 Å². The number of ketones is 1. The van der Waals surface area contributed by atoms with Crippen LogP contribution in [0.5, 0.6) is 0 Å². The van der Waals surface area contributed by atoms with Gasteiger partial charge in [0.05, 0.1) is 16.6 Å². The van der Waals surface area contributed by atoms with Gasteiger partial charge in [0.1, 0.15) is 12.1 Å². The number of hydrogen-bond donors (Lipinski definition) is 2. The highest BCUT2D eigenvalue weighted by molar-refractivity contribution is 6.28. The molecule has 1 saturated heterocycles. The third-order valence-corrected chi connectivity index (χ3v) is 5.81. The molecule has 0 amide bonds. The first kappa shape index (κ1) is 17.7. The molecule has 0 saturated carbocycles. The van der Waals surface area contributed by atoms with Crippen LogP contribution in [0.15, 0.2) is 34.9 Å². The Labute approximate surface area is 167 Å². The normalized spacial score (nSPS) is 18.0. The van der Waals surface area contributed by atoms with Crippen LogP contribution in [0.3, 0.4) is 0 Å². The molecule has 0 spiro atoms. The molecular formula is C22H21N3O4. The van der Waals surface area contributed by atoms with Gasteiger partial charge in [-0.15, -0.1) is 0 Å². The zero-order chi connectivity index (χ0) is 20.1. The largest absolute Gasteiger partial charge is 0.480 e. The highest BCUT2D eigenvalue weighted by Crippen LogP contribution is 2.46. The summed E-state index contributed by atoms with van der Waals surface area (Å²) in [7, 11) is 0. The molecule has 2 aliphatic rings. The Morgan fingerprint density at radius 1 is 1.34 bits per heavy atom. The third-order valence-electron chi connectivity index (χ3n) is 5.81. The maximum Gasteiger partial charge on any atom is 0.322 e. The lowest BCUT2D eigenvalue weighted by molar-refractivity contribution is -0.134. The van der Waals surface area contributed by atoms with E-state index >= 15 is 0 Å². The van der Waals surface area contributed by atoms with Gasteiger partial charge in [-0.1, -0.05) is 36.3 Å². The number of nitrogens with one attached hydrogen (secondary N) is 1.